The lowest BCUT2D eigenvalue weighted by molar-refractivity contribution is -0.129. The Hall–Kier alpha value is -1.79. The van der Waals surface area contributed by atoms with Crippen molar-refractivity contribution in [1.29, 1.82) is 0 Å². The van der Waals surface area contributed by atoms with Gasteiger partial charge in [-0.25, -0.2) is 0 Å². The zero-order valence-electron chi connectivity index (χ0n) is 12.0. The third kappa shape index (κ3) is 3.46. The Morgan fingerprint density at radius 1 is 1.38 bits per heavy atom. The molecular formula is C15H18N4OS. The molecule has 1 aliphatic heterocycles. The van der Waals surface area contributed by atoms with E-state index in [4.69, 9.17) is 0 Å². The Kier molecular flexibility index (Phi) is 4.26. The van der Waals surface area contributed by atoms with Gasteiger partial charge in [0.05, 0.1) is 11.7 Å². The van der Waals surface area contributed by atoms with Crippen LogP contribution in [0.1, 0.15) is 23.2 Å². The van der Waals surface area contributed by atoms with E-state index in [1.165, 1.54) is 22.7 Å². The molecule has 1 saturated heterocycles. The molecule has 6 heteroatoms. The molecule has 2 aromatic rings. The molecule has 0 saturated carbocycles. The molecule has 0 unspecified atom stereocenters. The molecule has 1 aromatic carbocycles. The molecule has 1 amide bonds. The van der Waals surface area contributed by atoms with Gasteiger partial charge in [-0.3, -0.25) is 4.79 Å². The molecule has 3 rings (SSSR count). The molecular weight excluding hydrogens is 284 g/mol. The van der Waals surface area contributed by atoms with E-state index in [-0.39, 0.29) is 11.9 Å². The van der Waals surface area contributed by atoms with Gasteiger partial charge >= 0.3 is 0 Å². The predicted octanol–water partition coefficient (Wildman–Crippen LogP) is 1.74. The fourth-order valence-electron chi connectivity index (χ4n) is 2.49. The molecule has 1 aliphatic rings. The van der Waals surface area contributed by atoms with E-state index in [1.807, 2.05) is 10.3 Å². The quantitative estimate of drug-likeness (QED) is 0.914. The fraction of sp³-hybridized carbons (Fsp3) is 0.400. The number of amides is 1. The monoisotopic (exact) mass is 302 g/mol. The first-order valence-electron chi connectivity index (χ1n) is 7.06. The van der Waals surface area contributed by atoms with Gasteiger partial charge in [0.25, 0.3) is 0 Å². The van der Waals surface area contributed by atoms with Gasteiger partial charge in [-0.15, -0.1) is 5.10 Å². The maximum atomic E-state index is 12.4. The minimum Gasteiger partial charge on any atom is -0.337 e. The lowest BCUT2D eigenvalue weighted by Gasteiger charge is -2.17. The number of aryl methyl sites for hydroxylation is 1. The van der Waals surface area contributed by atoms with Gasteiger partial charge in [0.2, 0.25) is 5.91 Å². The van der Waals surface area contributed by atoms with Gasteiger partial charge in [0.1, 0.15) is 0 Å². The molecule has 2 heterocycles. The molecule has 0 bridgehead atoms. The summed E-state index contributed by atoms with van der Waals surface area (Å²) in [5.41, 5.74) is 3.31. The van der Waals surface area contributed by atoms with Crippen molar-refractivity contribution in [3.05, 3.63) is 46.5 Å². The average molecular weight is 302 g/mol. The lowest BCUT2D eigenvalue weighted by atomic mass is 10.1. The van der Waals surface area contributed by atoms with Crippen LogP contribution < -0.4 is 5.32 Å². The summed E-state index contributed by atoms with van der Waals surface area (Å²) in [6, 6.07) is 8.24. The van der Waals surface area contributed by atoms with Crippen molar-refractivity contribution in [2.75, 3.05) is 6.54 Å². The van der Waals surface area contributed by atoms with Crippen LogP contribution in [0.5, 0.6) is 0 Å². The van der Waals surface area contributed by atoms with Gasteiger partial charge in [-0.2, -0.15) is 0 Å². The van der Waals surface area contributed by atoms with Gasteiger partial charge in [-0.05, 0) is 30.4 Å². The number of carbonyl (C=O) groups excluding carboxylic acids is 1. The summed E-state index contributed by atoms with van der Waals surface area (Å²) < 4.78 is 3.82. The summed E-state index contributed by atoms with van der Waals surface area (Å²) in [5, 5.41) is 9.15. The maximum Gasteiger partial charge on any atom is 0.240 e. The van der Waals surface area contributed by atoms with E-state index in [1.54, 1.807) is 0 Å². The van der Waals surface area contributed by atoms with E-state index in [2.05, 4.69) is 46.1 Å². The van der Waals surface area contributed by atoms with Crippen LogP contribution in [-0.2, 0) is 17.9 Å². The third-order valence-electron chi connectivity index (χ3n) is 3.73. The van der Waals surface area contributed by atoms with Crippen molar-refractivity contribution < 1.29 is 4.79 Å². The zero-order chi connectivity index (χ0) is 14.7. The summed E-state index contributed by atoms with van der Waals surface area (Å²) in [5.74, 6) is 0.179. The predicted molar refractivity (Wildman–Crippen MR) is 81.7 cm³/mol. The van der Waals surface area contributed by atoms with E-state index in [9.17, 15) is 4.79 Å². The summed E-state index contributed by atoms with van der Waals surface area (Å²) in [6.45, 7) is 4.17. The number of hydrogen-bond acceptors (Lipinski definition) is 5. The van der Waals surface area contributed by atoms with Crippen molar-refractivity contribution in [3.63, 3.8) is 0 Å². The largest absolute Gasteiger partial charge is 0.337 e. The maximum absolute atomic E-state index is 12.4. The molecule has 0 spiro atoms. The molecule has 0 aliphatic carbocycles. The normalized spacial score (nSPS) is 18.4. The third-order valence-corrected chi connectivity index (χ3v) is 4.28. The van der Waals surface area contributed by atoms with Crippen LogP contribution in [0.4, 0.5) is 0 Å². The molecule has 0 radical (unpaired) electrons. The van der Waals surface area contributed by atoms with E-state index >= 15 is 0 Å². The number of rotatable bonds is 5. The van der Waals surface area contributed by atoms with Gasteiger partial charge in [-0.1, -0.05) is 34.3 Å². The highest BCUT2D eigenvalue weighted by Gasteiger charge is 2.31. The van der Waals surface area contributed by atoms with Crippen LogP contribution in [0.2, 0.25) is 0 Å². The number of hydrogen-bond donors (Lipinski definition) is 1. The van der Waals surface area contributed by atoms with Crippen LogP contribution in [0.3, 0.4) is 0 Å². The van der Waals surface area contributed by atoms with Crippen LogP contribution in [0.25, 0.3) is 0 Å². The average Bonchev–Trinajstić information content (AvgIpc) is 3.11. The number of aromatic nitrogens is 2. The second-order valence-electron chi connectivity index (χ2n) is 5.36. The fourth-order valence-corrected chi connectivity index (χ4v) is 2.94. The van der Waals surface area contributed by atoms with Crippen LogP contribution >= 0.6 is 11.5 Å². The summed E-state index contributed by atoms with van der Waals surface area (Å²) in [4.78, 5) is 14.3. The van der Waals surface area contributed by atoms with E-state index in [0.717, 1.165) is 18.7 Å². The first-order valence-corrected chi connectivity index (χ1v) is 7.89. The number of nitrogens with one attached hydrogen (secondary N) is 1. The second kappa shape index (κ2) is 6.32. The minimum absolute atomic E-state index is 0.0999. The zero-order valence-corrected chi connectivity index (χ0v) is 12.8. The summed E-state index contributed by atoms with van der Waals surface area (Å²) >= 11 is 1.33. The van der Waals surface area contributed by atoms with Gasteiger partial charge in [0.15, 0.2) is 0 Å². The first-order chi connectivity index (χ1) is 10.2. The Bertz CT molecular complexity index is 597. The van der Waals surface area contributed by atoms with Crippen molar-refractivity contribution in [2.24, 2.45) is 0 Å². The van der Waals surface area contributed by atoms with E-state index < -0.39 is 0 Å². The molecule has 1 atom stereocenters. The number of benzene rings is 1. The van der Waals surface area contributed by atoms with Crippen molar-refractivity contribution in [2.45, 2.75) is 32.5 Å². The smallest absolute Gasteiger partial charge is 0.240 e. The second-order valence-corrected chi connectivity index (χ2v) is 5.97. The molecule has 21 heavy (non-hydrogen) atoms. The highest BCUT2D eigenvalue weighted by atomic mass is 32.1. The number of nitrogens with zero attached hydrogens (tertiary/aromatic N) is 3. The number of likely N-dealkylation sites (tertiary alicyclic amines) is 1. The highest BCUT2D eigenvalue weighted by molar-refractivity contribution is 7.03. The standard InChI is InChI=1S/C15H18N4OS/c1-11-2-4-12(5-3-11)9-19-7-6-14(15(19)20)16-8-13-10-21-18-17-13/h2-5,10,14,16H,6-9H2,1H3/t14-/m1/s1. The SMILES string of the molecule is Cc1ccc(CN2CC[C@@H](NCc3csnn3)C2=O)cc1. The first kappa shape index (κ1) is 14.2. The molecule has 5 nitrogen and oxygen atoms in total. The Morgan fingerprint density at radius 2 is 2.19 bits per heavy atom. The van der Waals surface area contributed by atoms with E-state index in [0.29, 0.717) is 13.1 Å². The molecule has 1 fully saturated rings. The van der Waals surface area contributed by atoms with Crippen LogP contribution in [-0.4, -0.2) is 33.0 Å². The van der Waals surface area contributed by atoms with Gasteiger partial charge in [0, 0.05) is 25.0 Å². The lowest BCUT2D eigenvalue weighted by Crippen LogP contribution is -2.37. The Morgan fingerprint density at radius 3 is 2.90 bits per heavy atom. The van der Waals surface area contributed by atoms with Crippen molar-refractivity contribution >= 4 is 17.4 Å². The summed E-state index contributed by atoms with van der Waals surface area (Å²) in [6.07, 6.45) is 0.849. The Labute approximate surface area is 128 Å². The minimum atomic E-state index is -0.0999. The van der Waals surface area contributed by atoms with Gasteiger partial charge < -0.3 is 10.2 Å². The van der Waals surface area contributed by atoms with Crippen molar-refractivity contribution in [1.82, 2.24) is 19.8 Å². The van der Waals surface area contributed by atoms with Crippen molar-refractivity contribution in [3.8, 4) is 0 Å². The molecule has 1 aromatic heterocycles. The number of carbonyl (C=O) groups is 1. The Balaban J connectivity index is 1.54. The topological polar surface area (TPSA) is 58.1 Å². The van der Waals surface area contributed by atoms with Crippen LogP contribution in [0.15, 0.2) is 29.6 Å². The highest BCUT2D eigenvalue weighted by Crippen LogP contribution is 2.16. The molecule has 1 N–H and O–H groups in total. The van der Waals surface area contributed by atoms with Crippen LogP contribution in [0, 0.1) is 6.92 Å². The molecule has 110 valence electrons. The summed E-state index contributed by atoms with van der Waals surface area (Å²) in [7, 11) is 0.